The second-order valence-electron chi connectivity index (χ2n) is 3.68. The lowest BCUT2D eigenvalue weighted by atomic mass is 10.1. The number of likely N-dealkylation sites (N-methyl/N-ethyl adjacent to an activating group) is 1. The highest BCUT2D eigenvalue weighted by molar-refractivity contribution is 5.85. The van der Waals surface area contributed by atoms with Crippen molar-refractivity contribution in [2.24, 2.45) is 5.92 Å². The quantitative estimate of drug-likeness (QED) is 0.708. The average Bonchev–Trinajstić information content (AvgIpc) is 2.95. The Labute approximate surface area is 83.4 Å². The minimum absolute atomic E-state index is 0.0714. The van der Waals surface area contributed by atoms with E-state index in [1.807, 2.05) is 0 Å². The van der Waals surface area contributed by atoms with Crippen LogP contribution in [-0.4, -0.2) is 44.1 Å². The van der Waals surface area contributed by atoms with Crippen LogP contribution in [0.3, 0.4) is 0 Å². The molecule has 1 N–H and O–H groups in total. The molecular weight excluding hydrogens is 184 g/mol. The van der Waals surface area contributed by atoms with E-state index in [1.165, 1.54) is 12.0 Å². The molecule has 0 radical (unpaired) electrons. The largest absolute Gasteiger partial charge is 0.453 e. The molecule has 5 heteroatoms. The molecule has 0 aromatic heterocycles. The van der Waals surface area contributed by atoms with Gasteiger partial charge in [-0.3, -0.25) is 4.79 Å². The molecule has 1 fully saturated rings. The Morgan fingerprint density at radius 2 is 2.00 bits per heavy atom. The monoisotopic (exact) mass is 200 g/mol. The van der Waals surface area contributed by atoms with Crippen molar-refractivity contribution in [3.05, 3.63) is 0 Å². The fraction of sp³-hybridized carbons (Fsp3) is 0.778. The van der Waals surface area contributed by atoms with Crippen molar-refractivity contribution in [3.8, 4) is 0 Å². The Morgan fingerprint density at radius 1 is 1.43 bits per heavy atom. The third kappa shape index (κ3) is 2.61. The van der Waals surface area contributed by atoms with Gasteiger partial charge in [-0.25, -0.2) is 4.79 Å². The Hall–Kier alpha value is -1.26. The topological polar surface area (TPSA) is 58.6 Å². The molecule has 0 heterocycles. The van der Waals surface area contributed by atoms with E-state index in [9.17, 15) is 9.59 Å². The predicted molar refractivity (Wildman–Crippen MR) is 50.7 cm³/mol. The van der Waals surface area contributed by atoms with Crippen LogP contribution in [0, 0.1) is 5.92 Å². The molecule has 14 heavy (non-hydrogen) atoms. The lowest BCUT2D eigenvalue weighted by molar-refractivity contribution is -0.131. The molecule has 1 rings (SSSR count). The van der Waals surface area contributed by atoms with Crippen LogP contribution < -0.4 is 5.32 Å². The maximum Gasteiger partial charge on any atom is 0.407 e. The van der Waals surface area contributed by atoms with Gasteiger partial charge >= 0.3 is 6.09 Å². The van der Waals surface area contributed by atoms with E-state index >= 15 is 0 Å². The smallest absolute Gasteiger partial charge is 0.407 e. The molecule has 1 atom stereocenters. The summed E-state index contributed by atoms with van der Waals surface area (Å²) in [4.78, 5) is 24.1. The van der Waals surface area contributed by atoms with Crippen LogP contribution in [0.15, 0.2) is 0 Å². The molecule has 5 nitrogen and oxygen atoms in total. The summed E-state index contributed by atoms with van der Waals surface area (Å²) in [7, 11) is 4.65. The SMILES string of the molecule is COC(=O)NC(C(=O)N(C)C)C1CC1. The zero-order valence-corrected chi connectivity index (χ0v) is 8.74. The summed E-state index contributed by atoms with van der Waals surface area (Å²) in [5.41, 5.74) is 0. The van der Waals surface area contributed by atoms with Gasteiger partial charge in [0.05, 0.1) is 7.11 Å². The lowest BCUT2D eigenvalue weighted by Gasteiger charge is -2.20. The number of methoxy groups -OCH3 is 1. The Morgan fingerprint density at radius 3 is 2.36 bits per heavy atom. The minimum Gasteiger partial charge on any atom is -0.453 e. The highest BCUT2D eigenvalue weighted by atomic mass is 16.5. The molecule has 0 bridgehead atoms. The Kier molecular flexibility index (Phi) is 3.33. The van der Waals surface area contributed by atoms with Crippen molar-refractivity contribution >= 4 is 12.0 Å². The standard InChI is InChI=1S/C9H16N2O3/c1-11(2)8(12)7(6-4-5-6)10-9(13)14-3/h6-7H,4-5H2,1-3H3,(H,10,13). The first-order chi connectivity index (χ1) is 6.56. The van der Waals surface area contributed by atoms with Gasteiger partial charge in [0.25, 0.3) is 0 Å². The molecule has 2 amide bonds. The van der Waals surface area contributed by atoms with Crippen molar-refractivity contribution in [1.82, 2.24) is 10.2 Å². The van der Waals surface area contributed by atoms with E-state index in [0.29, 0.717) is 0 Å². The number of hydrogen-bond donors (Lipinski definition) is 1. The normalized spacial score (nSPS) is 17.1. The molecule has 0 aromatic carbocycles. The van der Waals surface area contributed by atoms with Crippen LogP contribution in [0.25, 0.3) is 0 Å². The first kappa shape index (κ1) is 10.8. The number of ether oxygens (including phenoxy) is 1. The summed E-state index contributed by atoms with van der Waals surface area (Å²) < 4.78 is 4.47. The molecule has 80 valence electrons. The van der Waals surface area contributed by atoms with Gasteiger partial charge < -0.3 is 15.0 Å². The van der Waals surface area contributed by atoms with Gasteiger partial charge in [0.15, 0.2) is 0 Å². The highest BCUT2D eigenvalue weighted by Gasteiger charge is 2.38. The third-order valence-corrected chi connectivity index (χ3v) is 2.26. The van der Waals surface area contributed by atoms with Crippen LogP contribution in [0.2, 0.25) is 0 Å². The first-order valence-electron chi connectivity index (χ1n) is 4.62. The number of amides is 2. The van der Waals surface area contributed by atoms with Gasteiger partial charge in [-0.05, 0) is 18.8 Å². The molecular formula is C9H16N2O3. The number of carbonyl (C=O) groups excluding carboxylic acids is 2. The van der Waals surface area contributed by atoms with Crippen molar-refractivity contribution in [2.45, 2.75) is 18.9 Å². The van der Waals surface area contributed by atoms with E-state index in [0.717, 1.165) is 12.8 Å². The van der Waals surface area contributed by atoms with Crippen LogP contribution in [0.5, 0.6) is 0 Å². The summed E-state index contributed by atoms with van der Waals surface area (Å²) in [6, 6.07) is -0.419. The summed E-state index contributed by atoms with van der Waals surface area (Å²) in [5, 5.41) is 2.56. The first-order valence-corrected chi connectivity index (χ1v) is 4.62. The number of nitrogens with zero attached hydrogens (tertiary/aromatic N) is 1. The Bertz CT molecular complexity index is 236. The minimum atomic E-state index is -0.544. The fourth-order valence-electron chi connectivity index (χ4n) is 1.27. The molecule has 1 unspecified atom stereocenters. The number of hydrogen-bond acceptors (Lipinski definition) is 3. The van der Waals surface area contributed by atoms with E-state index in [-0.39, 0.29) is 11.8 Å². The maximum absolute atomic E-state index is 11.6. The van der Waals surface area contributed by atoms with Crippen LogP contribution in [-0.2, 0) is 9.53 Å². The third-order valence-electron chi connectivity index (χ3n) is 2.26. The predicted octanol–water partition coefficient (Wildman–Crippen LogP) is 0.209. The van der Waals surface area contributed by atoms with Crippen molar-refractivity contribution in [3.63, 3.8) is 0 Å². The zero-order valence-electron chi connectivity index (χ0n) is 8.74. The van der Waals surface area contributed by atoms with E-state index < -0.39 is 12.1 Å². The number of alkyl carbamates (subject to hydrolysis) is 1. The van der Waals surface area contributed by atoms with Crippen molar-refractivity contribution in [1.29, 1.82) is 0 Å². The van der Waals surface area contributed by atoms with Gasteiger partial charge in [-0.1, -0.05) is 0 Å². The van der Waals surface area contributed by atoms with E-state index in [1.54, 1.807) is 14.1 Å². The van der Waals surface area contributed by atoms with Crippen molar-refractivity contribution < 1.29 is 14.3 Å². The summed E-state index contributed by atoms with van der Waals surface area (Å²) in [6.07, 6.45) is 1.44. The number of nitrogens with one attached hydrogen (secondary N) is 1. The molecule has 0 aliphatic heterocycles. The molecule has 1 aliphatic carbocycles. The van der Waals surface area contributed by atoms with Gasteiger partial charge in [-0.2, -0.15) is 0 Å². The second-order valence-corrected chi connectivity index (χ2v) is 3.68. The van der Waals surface area contributed by atoms with E-state index in [2.05, 4.69) is 10.1 Å². The van der Waals surface area contributed by atoms with Crippen LogP contribution in [0.4, 0.5) is 4.79 Å². The van der Waals surface area contributed by atoms with Crippen LogP contribution >= 0.6 is 0 Å². The summed E-state index contributed by atoms with van der Waals surface area (Å²) >= 11 is 0. The Balaban J connectivity index is 2.55. The number of rotatable bonds is 3. The van der Waals surface area contributed by atoms with Gasteiger partial charge in [-0.15, -0.1) is 0 Å². The van der Waals surface area contributed by atoms with Gasteiger partial charge in [0.1, 0.15) is 6.04 Å². The molecule has 0 spiro atoms. The van der Waals surface area contributed by atoms with Crippen LogP contribution in [0.1, 0.15) is 12.8 Å². The zero-order chi connectivity index (χ0) is 10.7. The second kappa shape index (κ2) is 4.30. The molecule has 1 saturated carbocycles. The molecule has 0 aromatic rings. The van der Waals surface area contributed by atoms with Gasteiger partial charge in [0, 0.05) is 14.1 Å². The summed E-state index contributed by atoms with van der Waals surface area (Å²) in [6.45, 7) is 0. The average molecular weight is 200 g/mol. The number of carbonyl (C=O) groups is 2. The highest BCUT2D eigenvalue weighted by Crippen LogP contribution is 2.33. The fourth-order valence-corrected chi connectivity index (χ4v) is 1.27. The van der Waals surface area contributed by atoms with E-state index in [4.69, 9.17) is 0 Å². The molecule has 1 aliphatic rings. The van der Waals surface area contributed by atoms with Crippen molar-refractivity contribution in [2.75, 3.05) is 21.2 Å². The van der Waals surface area contributed by atoms with Gasteiger partial charge in [0.2, 0.25) is 5.91 Å². The lowest BCUT2D eigenvalue weighted by Crippen LogP contribution is -2.47. The molecule has 0 saturated heterocycles. The maximum atomic E-state index is 11.6. The summed E-state index contributed by atoms with van der Waals surface area (Å²) in [5.74, 6) is 0.210.